The van der Waals surface area contributed by atoms with Crippen LogP contribution < -0.4 is 4.90 Å². The van der Waals surface area contributed by atoms with Crippen LogP contribution >= 0.6 is 0 Å². The topological polar surface area (TPSA) is 8.17 Å². The Morgan fingerprint density at radius 1 is 0.417 bits per heavy atom. The van der Waals surface area contributed by atoms with Gasteiger partial charge in [0.25, 0.3) is 0 Å². The normalized spacial score (nSPS) is 24.9. The predicted octanol–water partition coefficient (Wildman–Crippen LogP) is 15.2. The van der Waals surface area contributed by atoms with Gasteiger partial charge in [-0.15, -0.1) is 0 Å². The van der Waals surface area contributed by atoms with Crippen molar-refractivity contribution in [3.63, 3.8) is 0 Å². The molecule has 1 aromatic heterocycles. The fourth-order valence-electron chi connectivity index (χ4n) is 15.0. The lowest BCUT2D eigenvalue weighted by Crippen LogP contribution is -2.55. The van der Waals surface area contributed by atoms with Gasteiger partial charge in [0.1, 0.15) is 0 Å². The lowest BCUT2D eigenvalue weighted by molar-refractivity contribution is -0.0399. The molecule has 2 heteroatoms. The molecule has 7 aliphatic carbocycles. The Hall–Kier alpha value is -5.86. The molecule has 5 fully saturated rings. The molecule has 0 saturated heterocycles. The summed E-state index contributed by atoms with van der Waals surface area (Å²) in [4.78, 5) is 2.64. The lowest BCUT2D eigenvalue weighted by atomic mass is 9.43. The van der Waals surface area contributed by atoms with E-state index in [2.05, 4.69) is 167 Å². The molecule has 292 valence electrons. The molecular weight excluding hydrogens is 725 g/mol. The Bertz CT molecular complexity index is 3020. The Labute approximate surface area is 353 Å². The second-order valence-electron chi connectivity index (χ2n) is 19.6. The van der Waals surface area contributed by atoms with Gasteiger partial charge < -0.3 is 9.47 Å². The van der Waals surface area contributed by atoms with Crippen LogP contribution in [0.3, 0.4) is 0 Å². The average Bonchev–Trinajstić information content (AvgIpc) is 3.88. The number of rotatable bonds is 4. The largest absolute Gasteiger partial charge is 0.310 e. The molecule has 2 nitrogen and oxygen atoms in total. The molecule has 1 heterocycles. The summed E-state index contributed by atoms with van der Waals surface area (Å²) in [7, 11) is 0. The highest BCUT2D eigenvalue weighted by Gasteiger charge is 2.61. The fourth-order valence-corrected chi connectivity index (χ4v) is 15.0. The quantitative estimate of drug-likeness (QED) is 0.173. The molecule has 8 aromatic rings. The second-order valence-corrected chi connectivity index (χ2v) is 19.6. The van der Waals surface area contributed by atoms with E-state index < -0.39 is 0 Å². The van der Waals surface area contributed by atoms with Gasteiger partial charge in [-0.25, -0.2) is 0 Å². The van der Waals surface area contributed by atoms with E-state index in [0.717, 1.165) is 23.7 Å². The SMILES string of the molecule is c1ccc(-n2c3ccccc3c3cc(N(c4ccc5c(c4)C4(CCCCC4)c4ccccc4-5)c4ccc5c(c4)C4(c6ccccc6-5)C5CC6CC(C5)CC4C6)ccc32)cc1. The molecule has 5 saturated carbocycles. The third kappa shape index (κ3) is 4.40. The van der Waals surface area contributed by atoms with Crippen molar-refractivity contribution in [3.05, 3.63) is 180 Å². The van der Waals surface area contributed by atoms with Gasteiger partial charge in [-0.1, -0.05) is 116 Å². The van der Waals surface area contributed by atoms with Crippen molar-refractivity contribution < 1.29 is 0 Å². The minimum atomic E-state index is 0.0862. The van der Waals surface area contributed by atoms with Crippen LogP contribution in [0.2, 0.25) is 0 Å². The summed E-state index contributed by atoms with van der Waals surface area (Å²) in [6, 6.07) is 61.3. The number of nitrogens with zero attached hydrogens (tertiary/aromatic N) is 2. The van der Waals surface area contributed by atoms with Gasteiger partial charge >= 0.3 is 0 Å². The Balaban J connectivity index is 1.01. The van der Waals surface area contributed by atoms with Crippen LogP contribution in [0.1, 0.15) is 86.5 Å². The summed E-state index contributed by atoms with van der Waals surface area (Å²) in [5.74, 6) is 3.29. The zero-order valence-electron chi connectivity index (χ0n) is 34.3. The summed E-state index contributed by atoms with van der Waals surface area (Å²) in [5.41, 5.74) is 19.9. The Kier molecular flexibility index (Phi) is 6.98. The molecule has 0 N–H and O–H groups in total. The summed E-state index contributed by atoms with van der Waals surface area (Å²) < 4.78 is 2.45. The van der Waals surface area contributed by atoms with Crippen molar-refractivity contribution in [3.8, 4) is 27.9 Å². The van der Waals surface area contributed by atoms with Crippen molar-refractivity contribution in [1.82, 2.24) is 4.57 Å². The molecule has 0 aliphatic heterocycles. The highest BCUT2D eigenvalue weighted by molar-refractivity contribution is 6.10. The summed E-state index contributed by atoms with van der Waals surface area (Å²) in [5, 5.41) is 2.58. The van der Waals surface area contributed by atoms with Gasteiger partial charge in [0, 0.05) is 44.4 Å². The first kappa shape index (κ1) is 33.9. The van der Waals surface area contributed by atoms with Crippen LogP contribution in [0.25, 0.3) is 49.7 Å². The zero-order valence-corrected chi connectivity index (χ0v) is 34.3. The van der Waals surface area contributed by atoms with Gasteiger partial charge in [-0.2, -0.15) is 0 Å². The van der Waals surface area contributed by atoms with Crippen LogP contribution in [-0.2, 0) is 10.8 Å². The van der Waals surface area contributed by atoms with Crippen LogP contribution in [0.5, 0.6) is 0 Å². The van der Waals surface area contributed by atoms with Gasteiger partial charge in [0.05, 0.1) is 11.0 Å². The lowest BCUT2D eigenvalue weighted by Gasteiger charge is -2.61. The molecule has 0 amide bonds. The molecule has 4 bridgehead atoms. The van der Waals surface area contributed by atoms with Crippen LogP contribution in [0.4, 0.5) is 17.1 Å². The van der Waals surface area contributed by atoms with Crippen molar-refractivity contribution in [2.24, 2.45) is 23.7 Å². The summed E-state index contributed by atoms with van der Waals surface area (Å²) in [6.07, 6.45) is 13.4. The zero-order chi connectivity index (χ0) is 39.2. The fraction of sp³-hybridized carbons (Fsp3) is 0.276. The molecule has 2 spiro atoms. The predicted molar refractivity (Wildman–Crippen MR) is 248 cm³/mol. The van der Waals surface area contributed by atoms with Gasteiger partial charge in [-0.3, -0.25) is 0 Å². The van der Waals surface area contributed by atoms with E-state index >= 15 is 0 Å². The third-order valence-electron chi connectivity index (χ3n) is 16.9. The van der Waals surface area contributed by atoms with E-state index in [1.807, 2.05) is 0 Å². The van der Waals surface area contributed by atoms with Crippen molar-refractivity contribution >= 4 is 38.9 Å². The standard InChI is InChI=1S/C58H50N2/c1-3-13-41(14-4-1)60-55-20-10-7-17-49(55)50-34-42(23-26-56(50)60)59(43-21-24-47-45-15-5-8-18-51(45)57(53(47)35-43)27-11-2-12-28-57)44-22-25-48-46-16-6-9-19-52(46)58(54(48)36-44)39-30-37-29-38(32-39)33-40(58)31-37/h1,3-10,13-26,34-40H,2,11-12,27-33H2. The number of para-hydroxylation sites is 2. The van der Waals surface area contributed by atoms with E-state index in [-0.39, 0.29) is 10.8 Å². The maximum atomic E-state index is 2.69. The number of hydrogen-bond acceptors (Lipinski definition) is 1. The highest BCUT2D eigenvalue weighted by Crippen LogP contribution is 2.70. The molecule has 0 atom stereocenters. The Morgan fingerprint density at radius 3 is 1.72 bits per heavy atom. The number of hydrogen-bond donors (Lipinski definition) is 0. The van der Waals surface area contributed by atoms with Crippen molar-refractivity contribution in [2.45, 2.75) is 75.0 Å². The number of aromatic nitrogens is 1. The smallest absolute Gasteiger partial charge is 0.0542 e. The molecule has 0 radical (unpaired) electrons. The molecule has 0 unspecified atom stereocenters. The molecule has 60 heavy (non-hydrogen) atoms. The maximum Gasteiger partial charge on any atom is 0.0542 e. The van der Waals surface area contributed by atoms with Crippen LogP contribution in [-0.4, -0.2) is 4.57 Å². The van der Waals surface area contributed by atoms with E-state index in [1.165, 1.54) is 131 Å². The van der Waals surface area contributed by atoms with Gasteiger partial charge in [0.15, 0.2) is 0 Å². The van der Waals surface area contributed by atoms with E-state index in [0.29, 0.717) is 0 Å². The number of benzene rings is 7. The Morgan fingerprint density at radius 2 is 0.967 bits per heavy atom. The summed E-state index contributed by atoms with van der Waals surface area (Å²) >= 11 is 0. The van der Waals surface area contributed by atoms with Crippen molar-refractivity contribution in [1.29, 1.82) is 0 Å². The number of anilines is 3. The molecule has 7 aliphatic rings. The minimum Gasteiger partial charge on any atom is -0.310 e. The van der Waals surface area contributed by atoms with E-state index in [9.17, 15) is 0 Å². The second kappa shape index (κ2) is 12.4. The first-order valence-electron chi connectivity index (χ1n) is 23.1. The van der Waals surface area contributed by atoms with E-state index in [4.69, 9.17) is 0 Å². The monoisotopic (exact) mass is 774 g/mol. The first-order valence-corrected chi connectivity index (χ1v) is 23.1. The molecular formula is C58H50N2. The highest BCUT2D eigenvalue weighted by atomic mass is 15.1. The average molecular weight is 775 g/mol. The maximum absolute atomic E-state index is 2.69. The van der Waals surface area contributed by atoms with Crippen LogP contribution in [0, 0.1) is 23.7 Å². The first-order chi connectivity index (χ1) is 29.7. The van der Waals surface area contributed by atoms with Crippen LogP contribution in [0.15, 0.2) is 158 Å². The molecule has 15 rings (SSSR count). The van der Waals surface area contributed by atoms with Crippen molar-refractivity contribution in [2.75, 3.05) is 4.90 Å². The van der Waals surface area contributed by atoms with E-state index in [1.54, 1.807) is 22.3 Å². The number of fused-ring (bicyclic) bond motifs is 11. The molecule has 7 aromatic carbocycles. The minimum absolute atomic E-state index is 0.0862. The van der Waals surface area contributed by atoms with Gasteiger partial charge in [0.2, 0.25) is 0 Å². The summed E-state index contributed by atoms with van der Waals surface area (Å²) in [6.45, 7) is 0. The van der Waals surface area contributed by atoms with Gasteiger partial charge in [-0.05, 0) is 174 Å². The third-order valence-corrected chi connectivity index (χ3v) is 16.9.